The molecular formula is C21H14Cl2N2O3. The van der Waals surface area contributed by atoms with Gasteiger partial charge in [-0.05, 0) is 48.4 Å². The van der Waals surface area contributed by atoms with E-state index in [1.165, 1.54) is 12.1 Å². The van der Waals surface area contributed by atoms with E-state index < -0.39 is 5.78 Å². The summed E-state index contributed by atoms with van der Waals surface area (Å²) in [7, 11) is 0. The Morgan fingerprint density at radius 2 is 2.04 bits per heavy atom. The van der Waals surface area contributed by atoms with Crippen LogP contribution in [0.4, 0.5) is 5.69 Å². The number of halogens is 2. The number of nitrogens with two attached hydrogens (primary N) is 1. The first kappa shape index (κ1) is 18.5. The number of carbonyl (C=O) groups excluding carboxylic acids is 2. The normalized spacial score (nSPS) is 13.2. The molecule has 0 aliphatic heterocycles. The number of aromatic nitrogens is 1. The van der Waals surface area contributed by atoms with E-state index in [9.17, 15) is 9.59 Å². The number of hydrogen-bond acceptors (Lipinski definition) is 5. The first-order valence-corrected chi connectivity index (χ1v) is 9.20. The minimum atomic E-state index is -0.506. The first-order chi connectivity index (χ1) is 13.4. The molecule has 28 heavy (non-hydrogen) atoms. The van der Waals surface area contributed by atoms with Crippen molar-refractivity contribution < 1.29 is 14.0 Å². The SMILES string of the molecule is Cc1ncccc1C1=Cc2oc(C(=O)c3ccc(Cl)cc3Cl)c(N)c2C(=O)C1. The third kappa shape index (κ3) is 3.03. The number of anilines is 1. The molecule has 0 amide bonds. The van der Waals surface area contributed by atoms with E-state index in [4.69, 9.17) is 33.4 Å². The fourth-order valence-corrected chi connectivity index (χ4v) is 3.78. The second-order valence-electron chi connectivity index (χ2n) is 6.44. The van der Waals surface area contributed by atoms with Gasteiger partial charge in [0, 0.05) is 28.9 Å². The lowest BCUT2D eigenvalue weighted by atomic mass is 9.90. The number of fused-ring (bicyclic) bond motifs is 1. The molecule has 7 heteroatoms. The average molecular weight is 413 g/mol. The molecule has 0 saturated carbocycles. The van der Waals surface area contributed by atoms with Gasteiger partial charge >= 0.3 is 0 Å². The lowest BCUT2D eigenvalue weighted by Crippen LogP contribution is -2.10. The maximum Gasteiger partial charge on any atom is 0.231 e. The Morgan fingerprint density at radius 3 is 2.75 bits per heavy atom. The van der Waals surface area contributed by atoms with Crippen LogP contribution in [0.2, 0.25) is 10.0 Å². The number of allylic oxidation sites excluding steroid dienone is 1. The summed E-state index contributed by atoms with van der Waals surface area (Å²) in [4.78, 5) is 29.9. The molecule has 0 saturated heterocycles. The van der Waals surface area contributed by atoms with Gasteiger partial charge in [-0.15, -0.1) is 0 Å². The molecule has 0 unspecified atom stereocenters. The minimum absolute atomic E-state index is 0.0224. The van der Waals surface area contributed by atoms with Gasteiger partial charge in [-0.3, -0.25) is 14.6 Å². The number of ketones is 2. The van der Waals surface area contributed by atoms with Gasteiger partial charge in [0.2, 0.25) is 5.78 Å². The molecule has 1 aliphatic carbocycles. The second kappa shape index (κ2) is 6.93. The van der Waals surface area contributed by atoms with E-state index in [0.717, 1.165) is 16.8 Å². The highest BCUT2D eigenvalue weighted by Crippen LogP contribution is 2.38. The number of aryl methyl sites for hydroxylation is 1. The van der Waals surface area contributed by atoms with Gasteiger partial charge in [0.05, 0.1) is 16.3 Å². The van der Waals surface area contributed by atoms with E-state index in [-0.39, 0.29) is 45.6 Å². The first-order valence-electron chi connectivity index (χ1n) is 8.44. The number of hydrogen-bond donors (Lipinski definition) is 1. The van der Waals surface area contributed by atoms with Gasteiger partial charge < -0.3 is 10.2 Å². The summed E-state index contributed by atoms with van der Waals surface area (Å²) in [5.41, 5.74) is 8.96. The molecule has 0 spiro atoms. The van der Waals surface area contributed by atoms with Crippen LogP contribution in [0.15, 0.2) is 40.9 Å². The summed E-state index contributed by atoms with van der Waals surface area (Å²) < 4.78 is 5.72. The Balaban J connectivity index is 1.81. The fraction of sp³-hybridized carbons (Fsp3) is 0.0952. The molecule has 1 aromatic carbocycles. The van der Waals surface area contributed by atoms with E-state index in [1.54, 1.807) is 24.4 Å². The average Bonchev–Trinajstić information content (AvgIpc) is 2.98. The second-order valence-corrected chi connectivity index (χ2v) is 7.29. The Labute approximate surface area is 170 Å². The molecule has 0 atom stereocenters. The van der Waals surface area contributed by atoms with Crippen LogP contribution < -0.4 is 5.73 Å². The number of pyridine rings is 1. The molecular weight excluding hydrogens is 399 g/mol. The van der Waals surface area contributed by atoms with Crippen molar-refractivity contribution in [3.63, 3.8) is 0 Å². The lowest BCUT2D eigenvalue weighted by molar-refractivity contribution is 0.0991. The monoisotopic (exact) mass is 412 g/mol. The highest BCUT2D eigenvalue weighted by Gasteiger charge is 2.31. The zero-order valence-corrected chi connectivity index (χ0v) is 16.3. The smallest absolute Gasteiger partial charge is 0.231 e. The molecule has 0 fully saturated rings. The standard InChI is InChI=1S/C21H14Cl2N2O3/c1-10-13(3-2-6-25-10)11-7-16(26)18-17(8-11)28-21(19(18)24)20(27)14-5-4-12(22)9-15(14)23/h2-6,8-9H,7,24H2,1H3. The molecule has 2 heterocycles. The number of nitrogen functional groups attached to an aromatic ring is 1. The maximum absolute atomic E-state index is 12.9. The van der Waals surface area contributed by atoms with Crippen molar-refractivity contribution >= 4 is 52.1 Å². The Morgan fingerprint density at radius 1 is 1.25 bits per heavy atom. The molecule has 5 nitrogen and oxygen atoms in total. The van der Waals surface area contributed by atoms with Crippen LogP contribution in [0, 0.1) is 6.92 Å². The van der Waals surface area contributed by atoms with E-state index >= 15 is 0 Å². The van der Waals surface area contributed by atoms with Gasteiger partial charge in [-0.25, -0.2) is 0 Å². The van der Waals surface area contributed by atoms with Crippen molar-refractivity contribution in [2.24, 2.45) is 0 Å². The van der Waals surface area contributed by atoms with Crippen molar-refractivity contribution in [3.05, 3.63) is 80.5 Å². The van der Waals surface area contributed by atoms with Crippen molar-refractivity contribution in [2.45, 2.75) is 13.3 Å². The number of rotatable bonds is 3. The quantitative estimate of drug-likeness (QED) is 0.595. The zero-order valence-electron chi connectivity index (χ0n) is 14.8. The van der Waals surface area contributed by atoms with Crippen LogP contribution in [0.3, 0.4) is 0 Å². The van der Waals surface area contributed by atoms with Crippen molar-refractivity contribution in [3.8, 4) is 0 Å². The number of carbonyl (C=O) groups is 2. The predicted octanol–water partition coefficient (Wildman–Crippen LogP) is 5.23. The van der Waals surface area contributed by atoms with Crippen LogP contribution in [-0.2, 0) is 0 Å². The van der Waals surface area contributed by atoms with Gasteiger partial charge in [0.15, 0.2) is 11.5 Å². The largest absolute Gasteiger partial charge is 0.450 e. The van der Waals surface area contributed by atoms with Gasteiger partial charge in [0.25, 0.3) is 0 Å². The molecule has 0 bridgehead atoms. The third-order valence-corrected chi connectivity index (χ3v) is 5.19. The highest BCUT2D eigenvalue weighted by molar-refractivity contribution is 6.37. The summed E-state index contributed by atoms with van der Waals surface area (Å²) in [6.45, 7) is 1.87. The molecule has 2 aromatic heterocycles. The molecule has 3 aromatic rings. The summed E-state index contributed by atoms with van der Waals surface area (Å²) in [6.07, 6.45) is 3.57. The molecule has 4 rings (SSSR count). The Kier molecular flexibility index (Phi) is 4.57. The van der Waals surface area contributed by atoms with Crippen LogP contribution >= 0.6 is 23.2 Å². The van der Waals surface area contributed by atoms with Crippen molar-refractivity contribution in [2.75, 3.05) is 5.73 Å². The number of furan rings is 1. The van der Waals surface area contributed by atoms with Crippen LogP contribution in [0.25, 0.3) is 11.6 Å². The zero-order chi connectivity index (χ0) is 20.0. The maximum atomic E-state index is 12.9. The minimum Gasteiger partial charge on any atom is -0.450 e. The van der Waals surface area contributed by atoms with Gasteiger partial charge in [-0.2, -0.15) is 0 Å². The number of benzene rings is 1. The van der Waals surface area contributed by atoms with Crippen LogP contribution in [0.5, 0.6) is 0 Å². The van der Waals surface area contributed by atoms with Crippen LogP contribution in [0.1, 0.15) is 49.9 Å². The van der Waals surface area contributed by atoms with E-state index in [1.807, 2.05) is 13.0 Å². The third-order valence-electron chi connectivity index (χ3n) is 4.64. The Bertz CT molecular complexity index is 1180. The molecule has 140 valence electrons. The summed E-state index contributed by atoms with van der Waals surface area (Å²) >= 11 is 12.0. The molecule has 1 aliphatic rings. The van der Waals surface area contributed by atoms with Gasteiger partial charge in [-0.1, -0.05) is 29.3 Å². The predicted molar refractivity (Wildman–Crippen MR) is 109 cm³/mol. The van der Waals surface area contributed by atoms with Crippen LogP contribution in [-0.4, -0.2) is 16.6 Å². The lowest BCUT2D eigenvalue weighted by Gasteiger charge is -2.13. The summed E-state index contributed by atoms with van der Waals surface area (Å²) in [5, 5.41) is 0.586. The van der Waals surface area contributed by atoms with Gasteiger partial charge in [0.1, 0.15) is 5.76 Å². The molecule has 0 radical (unpaired) electrons. The highest BCUT2D eigenvalue weighted by atomic mass is 35.5. The Hall–Kier alpha value is -2.89. The van der Waals surface area contributed by atoms with E-state index in [2.05, 4.69) is 4.98 Å². The number of nitrogens with zero attached hydrogens (tertiary/aromatic N) is 1. The number of Topliss-reactive ketones (excluding diaryl/α,β-unsaturated/α-hetero) is 1. The summed E-state index contributed by atoms with van der Waals surface area (Å²) in [6, 6.07) is 8.20. The van der Waals surface area contributed by atoms with Crippen molar-refractivity contribution in [1.29, 1.82) is 0 Å². The summed E-state index contributed by atoms with van der Waals surface area (Å²) in [5.74, 6) is -0.560. The topological polar surface area (TPSA) is 86.2 Å². The van der Waals surface area contributed by atoms with E-state index in [0.29, 0.717) is 5.02 Å². The molecule has 2 N–H and O–H groups in total. The van der Waals surface area contributed by atoms with Crippen molar-refractivity contribution in [1.82, 2.24) is 4.98 Å². The fourth-order valence-electron chi connectivity index (χ4n) is 3.28.